The summed E-state index contributed by atoms with van der Waals surface area (Å²) in [5.41, 5.74) is 8.43. The quantitative estimate of drug-likeness (QED) is 0.840. The van der Waals surface area contributed by atoms with Crippen LogP contribution in [0.2, 0.25) is 0 Å². The Bertz CT molecular complexity index is 358. The molecule has 1 unspecified atom stereocenters. The van der Waals surface area contributed by atoms with Gasteiger partial charge in [-0.1, -0.05) is 29.8 Å². The number of rotatable bonds is 5. The van der Waals surface area contributed by atoms with Crippen molar-refractivity contribution in [3.05, 3.63) is 35.4 Å². The molecule has 0 amide bonds. The average Bonchev–Trinajstić information content (AvgIpc) is 2.78. The monoisotopic (exact) mass is 304 g/mol. The molecule has 2 N–H and O–H groups in total. The predicted octanol–water partition coefficient (Wildman–Crippen LogP) is 3.71. The minimum absolute atomic E-state index is 0. The van der Waals surface area contributed by atoms with Crippen molar-refractivity contribution in [2.24, 2.45) is 5.73 Å². The minimum Gasteiger partial charge on any atom is -0.330 e. The molecule has 1 saturated heterocycles. The molecule has 1 fully saturated rings. The number of halogens is 2. The van der Waals surface area contributed by atoms with Crippen LogP contribution in [0, 0.1) is 6.92 Å². The van der Waals surface area contributed by atoms with Crippen LogP contribution in [0.5, 0.6) is 0 Å². The molecule has 0 aromatic heterocycles. The molecule has 0 saturated carbocycles. The third-order valence-corrected chi connectivity index (χ3v) is 3.69. The topological polar surface area (TPSA) is 29.3 Å². The molecule has 0 aliphatic carbocycles. The summed E-state index contributed by atoms with van der Waals surface area (Å²) in [5.74, 6) is 0. The molecule has 19 heavy (non-hydrogen) atoms. The van der Waals surface area contributed by atoms with Crippen molar-refractivity contribution in [3.63, 3.8) is 0 Å². The van der Waals surface area contributed by atoms with E-state index in [1.165, 1.54) is 43.5 Å². The molecule has 0 spiro atoms. The standard InChI is InChI=1S/C15H24N2.2ClH/c1-13-6-4-7-14(12-13)15-8-5-11-17(15)10-3-2-9-16;;/h4,6-7,12,15H,2-3,5,8-11,16H2,1H3;2*1H. The first kappa shape index (κ1) is 18.7. The molecule has 1 aliphatic heterocycles. The molecule has 1 aliphatic rings. The van der Waals surface area contributed by atoms with Crippen molar-refractivity contribution in [1.82, 2.24) is 4.90 Å². The van der Waals surface area contributed by atoms with Gasteiger partial charge < -0.3 is 5.73 Å². The van der Waals surface area contributed by atoms with Gasteiger partial charge in [0.25, 0.3) is 0 Å². The lowest BCUT2D eigenvalue weighted by atomic mass is 10.0. The first-order valence-corrected chi connectivity index (χ1v) is 6.82. The third-order valence-electron chi connectivity index (χ3n) is 3.69. The molecule has 2 rings (SSSR count). The maximum atomic E-state index is 5.56. The first-order valence-electron chi connectivity index (χ1n) is 6.82. The molecular formula is C15H26Cl2N2. The van der Waals surface area contributed by atoms with Crippen molar-refractivity contribution in [1.29, 1.82) is 0 Å². The SMILES string of the molecule is Cc1cccc(C2CCCN2CCCCN)c1.Cl.Cl. The van der Waals surface area contributed by atoms with Gasteiger partial charge in [-0.2, -0.15) is 0 Å². The van der Waals surface area contributed by atoms with Gasteiger partial charge in [0, 0.05) is 6.04 Å². The van der Waals surface area contributed by atoms with Crippen LogP contribution in [0.1, 0.15) is 42.9 Å². The molecule has 2 nitrogen and oxygen atoms in total. The Morgan fingerprint density at radius 1 is 1.26 bits per heavy atom. The maximum Gasteiger partial charge on any atom is 0.0348 e. The zero-order valence-corrected chi connectivity index (χ0v) is 13.3. The van der Waals surface area contributed by atoms with Crippen LogP contribution in [0.3, 0.4) is 0 Å². The highest BCUT2D eigenvalue weighted by molar-refractivity contribution is 5.85. The van der Waals surface area contributed by atoms with E-state index in [1.807, 2.05) is 0 Å². The van der Waals surface area contributed by atoms with Gasteiger partial charge in [-0.25, -0.2) is 0 Å². The molecule has 0 radical (unpaired) electrons. The fourth-order valence-electron chi connectivity index (χ4n) is 2.81. The van der Waals surface area contributed by atoms with E-state index in [-0.39, 0.29) is 24.8 Å². The molecular weight excluding hydrogens is 279 g/mol. The van der Waals surface area contributed by atoms with E-state index in [4.69, 9.17) is 5.73 Å². The summed E-state index contributed by atoms with van der Waals surface area (Å²) in [7, 11) is 0. The summed E-state index contributed by atoms with van der Waals surface area (Å²) < 4.78 is 0. The van der Waals surface area contributed by atoms with Crippen LogP contribution in [0.4, 0.5) is 0 Å². The second-order valence-electron chi connectivity index (χ2n) is 5.10. The summed E-state index contributed by atoms with van der Waals surface area (Å²) in [4.78, 5) is 2.63. The van der Waals surface area contributed by atoms with E-state index in [0.29, 0.717) is 6.04 Å². The van der Waals surface area contributed by atoms with Crippen LogP contribution >= 0.6 is 24.8 Å². The smallest absolute Gasteiger partial charge is 0.0348 e. The molecule has 1 aromatic carbocycles. The van der Waals surface area contributed by atoms with Gasteiger partial charge in [0.15, 0.2) is 0 Å². The Hall–Kier alpha value is -0.280. The summed E-state index contributed by atoms with van der Waals surface area (Å²) in [6.45, 7) is 5.46. The number of nitrogens with zero attached hydrogens (tertiary/aromatic N) is 1. The number of unbranched alkanes of at least 4 members (excludes halogenated alkanes) is 1. The van der Waals surface area contributed by atoms with E-state index in [9.17, 15) is 0 Å². The second kappa shape index (κ2) is 9.60. The number of benzene rings is 1. The first-order chi connectivity index (χ1) is 8.31. The highest BCUT2D eigenvalue weighted by atomic mass is 35.5. The summed E-state index contributed by atoms with van der Waals surface area (Å²) in [6, 6.07) is 9.62. The van der Waals surface area contributed by atoms with Crippen molar-refractivity contribution in [2.45, 2.75) is 38.6 Å². The average molecular weight is 305 g/mol. The largest absolute Gasteiger partial charge is 0.330 e. The van der Waals surface area contributed by atoms with Gasteiger partial charge in [-0.05, 0) is 57.8 Å². The van der Waals surface area contributed by atoms with Crippen LogP contribution in [0.25, 0.3) is 0 Å². The number of nitrogens with two attached hydrogens (primary N) is 1. The predicted molar refractivity (Wildman–Crippen MR) is 87.5 cm³/mol. The number of hydrogen-bond donors (Lipinski definition) is 1. The van der Waals surface area contributed by atoms with Gasteiger partial charge in [0.1, 0.15) is 0 Å². The number of hydrogen-bond acceptors (Lipinski definition) is 2. The number of aryl methyl sites for hydroxylation is 1. The van der Waals surface area contributed by atoms with Crippen molar-refractivity contribution in [3.8, 4) is 0 Å². The number of likely N-dealkylation sites (tertiary alicyclic amines) is 1. The zero-order valence-electron chi connectivity index (χ0n) is 11.7. The molecule has 110 valence electrons. The van der Waals surface area contributed by atoms with E-state index in [1.54, 1.807) is 0 Å². The minimum atomic E-state index is 0. The Morgan fingerprint density at radius 3 is 2.74 bits per heavy atom. The van der Waals surface area contributed by atoms with E-state index < -0.39 is 0 Å². The van der Waals surface area contributed by atoms with Gasteiger partial charge in [0.2, 0.25) is 0 Å². The van der Waals surface area contributed by atoms with Gasteiger partial charge >= 0.3 is 0 Å². The van der Waals surface area contributed by atoms with Gasteiger partial charge in [0.05, 0.1) is 0 Å². The Kier molecular flexibility index (Phi) is 9.46. The van der Waals surface area contributed by atoms with Gasteiger partial charge in [-0.15, -0.1) is 24.8 Å². The van der Waals surface area contributed by atoms with Crippen LogP contribution in [0.15, 0.2) is 24.3 Å². The normalized spacial score (nSPS) is 18.7. The van der Waals surface area contributed by atoms with Crippen molar-refractivity contribution in [2.75, 3.05) is 19.6 Å². The van der Waals surface area contributed by atoms with E-state index in [0.717, 1.165) is 13.0 Å². The highest BCUT2D eigenvalue weighted by Crippen LogP contribution is 2.32. The van der Waals surface area contributed by atoms with E-state index >= 15 is 0 Å². The lowest BCUT2D eigenvalue weighted by Crippen LogP contribution is -2.24. The zero-order chi connectivity index (χ0) is 12.1. The van der Waals surface area contributed by atoms with Gasteiger partial charge in [-0.3, -0.25) is 4.90 Å². The molecule has 1 heterocycles. The Morgan fingerprint density at radius 2 is 2.05 bits per heavy atom. The molecule has 0 bridgehead atoms. The van der Waals surface area contributed by atoms with Crippen molar-refractivity contribution < 1.29 is 0 Å². The molecule has 4 heteroatoms. The molecule has 1 aromatic rings. The molecule has 1 atom stereocenters. The highest BCUT2D eigenvalue weighted by Gasteiger charge is 2.25. The van der Waals surface area contributed by atoms with Crippen LogP contribution < -0.4 is 5.73 Å². The van der Waals surface area contributed by atoms with Crippen molar-refractivity contribution >= 4 is 24.8 Å². The fourth-order valence-corrected chi connectivity index (χ4v) is 2.81. The van der Waals surface area contributed by atoms with Crippen LogP contribution in [-0.4, -0.2) is 24.5 Å². The Balaban J connectivity index is 0.00000162. The lowest BCUT2D eigenvalue weighted by Gasteiger charge is -2.25. The van der Waals surface area contributed by atoms with E-state index in [2.05, 4.69) is 36.1 Å². The summed E-state index contributed by atoms with van der Waals surface area (Å²) in [6.07, 6.45) is 5.03. The maximum absolute atomic E-state index is 5.56. The fraction of sp³-hybridized carbons (Fsp3) is 0.600. The third kappa shape index (κ3) is 5.31. The lowest BCUT2D eigenvalue weighted by molar-refractivity contribution is 0.252. The summed E-state index contributed by atoms with van der Waals surface area (Å²) >= 11 is 0. The van der Waals surface area contributed by atoms with Crippen LogP contribution in [-0.2, 0) is 0 Å². The summed E-state index contributed by atoms with van der Waals surface area (Å²) in [5, 5.41) is 0. The second-order valence-corrected chi connectivity index (χ2v) is 5.10. The Labute approximate surface area is 129 Å².